The summed E-state index contributed by atoms with van der Waals surface area (Å²) in [5, 5.41) is 9.20. The fourth-order valence-corrected chi connectivity index (χ4v) is 4.25. The van der Waals surface area contributed by atoms with Crippen molar-refractivity contribution in [3.8, 4) is 0 Å². The summed E-state index contributed by atoms with van der Waals surface area (Å²) in [5.74, 6) is 0.518. The van der Waals surface area contributed by atoms with Crippen molar-refractivity contribution in [1.82, 2.24) is 15.5 Å². The number of carbonyl (C=O) groups is 1. The first-order valence-electron chi connectivity index (χ1n) is 8.18. The zero-order valence-corrected chi connectivity index (χ0v) is 15.1. The molecule has 0 unspecified atom stereocenters. The van der Waals surface area contributed by atoms with Gasteiger partial charge in [0.15, 0.2) is 0 Å². The number of carbonyl (C=O) groups excluding carboxylic acids is 1. The summed E-state index contributed by atoms with van der Waals surface area (Å²) in [5.41, 5.74) is -0.565. The van der Waals surface area contributed by atoms with Gasteiger partial charge in [-0.2, -0.15) is 13.2 Å². The number of nitrogens with zero attached hydrogens (tertiary/aromatic N) is 3. The van der Waals surface area contributed by atoms with Crippen molar-refractivity contribution in [1.29, 1.82) is 0 Å². The Bertz CT molecular complexity index is 643. The average molecular weight is 378 g/mol. The monoisotopic (exact) mass is 378 g/mol. The quantitative estimate of drug-likeness (QED) is 0.855. The molecule has 25 heavy (non-hydrogen) atoms. The second-order valence-corrected chi connectivity index (χ2v) is 8.50. The third-order valence-corrected chi connectivity index (χ3v) is 5.52. The minimum Gasteiger partial charge on any atom is -0.444 e. The van der Waals surface area contributed by atoms with Crippen LogP contribution in [-0.2, 0) is 10.9 Å². The Labute approximate surface area is 147 Å². The standard InChI is InChI=1S/C15H21F3N4O2S/c1-14(2,3)24-13(23)19-10-5-4-8-6-22(7-9(8)10)12-21-20-11(25-12)15(16,17)18/h8-10H,4-7H2,1-3H3,(H,19,23)/t8-,9-,10+/m0/s1. The number of rotatable bonds is 2. The first-order chi connectivity index (χ1) is 11.5. The van der Waals surface area contributed by atoms with E-state index in [0.717, 1.165) is 12.8 Å². The fourth-order valence-electron chi connectivity index (χ4n) is 3.52. The molecule has 0 aromatic carbocycles. The lowest BCUT2D eigenvalue weighted by atomic mass is 9.98. The Kier molecular flexibility index (Phi) is 4.59. The van der Waals surface area contributed by atoms with E-state index in [9.17, 15) is 18.0 Å². The zero-order chi connectivity index (χ0) is 18.4. The van der Waals surface area contributed by atoms with E-state index >= 15 is 0 Å². The molecule has 1 aromatic heterocycles. The molecule has 0 spiro atoms. The molecule has 10 heteroatoms. The first kappa shape index (κ1) is 18.2. The van der Waals surface area contributed by atoms with Gasteiger partial charge < -0.3 is 15.0 Å². The molecule has 3 rings (SSSR count). The van der Waals surface area contributed by atoms with Gasteiger partial charge in [-0.25, -0.2) is 4.79 Å². The maximum absolute atomic E-state index is 12.7. The summed E-state index contributed by atoms with van der Waals surface area (Å²) in [6.45, 7) is 6.61. The Morgan fingerprint density at radius 2 is 1.96 bits per heavy atom. The molecule has 6 nitrogen and oxygen atoms in total. The van der Waals surface area contributed by atoms with E-state index in [1.54, 1.807) is 20.8 Å². The van der Waals surface area contributed by atoms with Gasteiger partial charge >= 0.3 is 12.3 Å². The molecule has 1 aliphatic heterocycles. The summed E-state index contributed by atoms with van der Waals surface area (Å²) >= 11 is 0.565. The van der Waals surface area contributed by atoms with Crippen molar-refractivity contribution in [2.24, 2.45) is 11.8 Å². The third-order valence-electron chi connectivity index (χ3n) is 4.49. The van der Waals surface area contributed by atoms with Gasteiger partial charge in [0.1, 0.15) is 5.60 Å². The lowest BCUT2D eigenvalue weighted by molar-refractivity contribution is -0.138. The molecule has 2 fully saturated rings. The van der Waals surface area contributed by atoms with Gasteiger partial charge in [-0.05, 0) is 39.5 Å². The normalized spacial score (nSPS) is 26.6. The van der Waals surface area contributed by atoms with E-state index in [1.807, 2.05) is 4.90 Å². The van der Waals surface area contributed by atoms with Gasteiger partial charge in [-0.15, -0.1) is 10.2 Å². The summed E-state index contributed by atoms with van der Waals surface area (Å²) in [6.07, 6.45) is -3.14. The number of fused-ring (bicyclic) bond motifs is 1. The summed E-state index contributed by atoms with van der Waals surface area (Å²) in [7, 11) is 0. The smallest absolute Gasteiger partial charge is 0.444 e. The first-order valence-corrected chi connectivity index (χ1v) is 9.00. The minimum absolute atomic E-state index is 0.0279. The van der Waals surface area contributed by atoms with Crippen LogP contribution < -0.4 is 10.2 Å². The highest BCUT2D eigenvalue weighted by Crippen LogP contribution is 2.42. The molecule has 2 heterocycles. The van der Waals surface area contributed by atoms with Gasteiger partial charge in [0.2, 0.25) is 10.1 Å². The van der Waals surface area contributed by atoms with E-state index < -0.39 is 22.9 Å². The number of nitrogens with one attached hydrogen (secondary N) is 1. The molecular formula is C15H21F3N4O2S. The number of ether oxygens (including phenoxy) is 1. The van der Waals surface area contributed by atoms with Crippen molar-refractivity contribution in [3.05, 3.63) is 5.01 Å². The summed E-state index contributed by atoms with van der Waals surface area (Å²) in [4.78, 5) is 13.8. The molecule has 1 aromatic rings. The number of hydrogen-bond donors (Lipinski definition) is 1. The Balaban J connectivity index is 1.62. The number of halogens is 3. The fraction of sp³-hybridized carbons (Fsp3) is 0.800. The molecule has 0 radical (unpaired) electrons. The minimum atomic E-state index is -4.47. The summed E-state index contributed by atoms with van der Waals surface area (Å²) < 4.78 is 43.4. The van der Waals surface area contributed by atoms with Gasteiger partial charge in [-0.3, -0.25) is 0 Å². The molecule has 1 aliphatic carbocycles. The van der Waals surface area contributed by atoms with Gasteiger partial charge in [0.25, 0.3) is 0 Å². The number of anilines is 1. The average Bonchev–Trinajstić information content (AvgIpc) is 3.10. The van der Waals surface area contributed by atoms with Crippen LogP contribution in [0, 0.1) is 11.8 Å². The molecular weight excluding hydrogens is 357 g/mol. The maximum Gasteiger partial charge on any atom is 0.445 e. The predicted molar refractivity (Wildman–Crippen MR) is 86.5 cm³/mol. The van der Waals surface area contributed by atoms with Crippen molar-refractivity contribution >= 4 is 22.6 Å². The largest absolute Gasteiger partial charge is 0.445 e. The van der Waals surface area contributed by atoms with Crippen LogP contribution in [0.3, 0.4) is 0 Å². The highest BCUT2D eigenvalue weighted by Gasteiger charge is 2.45. The lowest BCUT2D eigenvalue weighted by Crippen LogP contribution is -2.42. The predicted octanol–water partition coefficient (Wildman–Crippen LogP) is 3.30. The topological polar surface area (TPSA) is 67.3 Å². The molecule has 0 bridgehead atoms. The molecule has 1 amide bonds. The van der Waals surface area contributed by atoms with Crippen LogP contribution in [0.15, 0.2) is 0 Å². The maximum atomic E-state index is 12.7. The number of alkyl carbamates (subject to hydrolysis) is 1. The Hall–Kier alpha value is -1.58. The highest BCUT2D eigenvalue weighted by molar-refractivity contribution is 7.15. The molecule has 1 saturated carbocycles. The van der Waals surface area contributed by atoms with Crippen LogP contribution in [0.25, 0.3) is 0 Å². The summed E-state index contributed by atoms with van der Waals surface area (Å²) in [6, 6.07) is -0.0279. The van der Waals surface area contributed by atoms with E-state index in [2.05, 4.69) is 15.5 Å². The Morgan fingerprint density at radius 1 is 1.24 bits per heavy atom. The molecule has 140 valence electrons. The van der Waals surface area contributed by atoms with Crippen molar-refractivity contribution in [2.75, 3.05) is 18.0 Å². The molecule has 1 saturated heterocycles. The van der Waals surface area contributed by atoms with Crippen LogP contribution in [0.1, 0.15) is 38.6 Å². The SMILES string of the molecule is CC(C)(C)OC(=O)N[C@@H]1CC[C@H]2CN(c3nnc(C(F)(F)F)s3)C[C@@H]21. The van der Waals surface area contributed by atoms with Crippen LogP contribution in [0.5, 0.6) is 0 Å². The van der Waals surface area contributed by atoms with Crippen molar-refractivity contribution in [2.45, 2.75) is 51.4 Å². The molecule has 1 N–H and O–H groups in total. The molecule has 3 atom stereocenters. The lowest BCUT2D eigenvalue weighted by Gasteiger charge is -2.24. The van der Waals surface area contributed by atoms with Crippen LogP contribution >= 0.6 is 11.3 Å². The molecule has 2 aliphatic rings. The Morgan fingerprint density at radius 3 is 2.56 bits per heavy atom. The number of amides is 1. The van der Waals surface area contributed by atoms with E-state index in [4.69, 9.17) is 4.74 Å². The van der Waals surface area contributed by atoms with Crippen LogP contribution in [0.4, 0.5) is 23.1 Å². The second kappa shape index (κ2) is 6.30. The van der Waals surface area contributed by atoms with Crippen molar-refractivity contribution in [3.63, 3.8) is 0 Å². The van der Waals surface area contributed by atoms with Crippen molar-refractivity contribution < 1.29 is 22.7 Å². The van der Waals surface area contributed by atoms with E-state index in [1.165, 1.54) is 0 Å². The van der Waals surface area contributed by atoms with Crippen LogP contribution in [0.2, 0.25) is 0 Å². The van der Waals surface area contributed by atoms with Gasteiger partial charge in [0, 0.05) is 25.0 Å². The van der Waals surface area contributed by atoms with Gasteiger partial charge in [-0.1, -0.05) is 11.3 Å². The highest BCUT2D eigenvalue weighted by atomic mass is 32.1. The third kappa shape index (κ3) is 4.16. The van der Waals surface area contributed by atoms with Crippen LogP contribution in [-0.4, -0.2) is 41.0 Å². The number of aromatic nitrogens is 2. The van der Waals surface area contributed by atoms with Gasteiger partial charge in [0.05, 0.1) is 0 Å². The second-order valence-electron chi connectivity index (χ2n) is 7.55. The zero-order valence-electron chi connectivity index (χ0n) is 14.3. The van der Waals surface area contributed by atoms with E-state index in [-0.39, 0.29) is 17.1 Å². The number of hydrogen-bond acceptors (Lipinski definition) is 6. The number of alkyl halides is 3. The van der Waals surface area contributed by atoms with E-state index in [0.29, 0.717) is 30.3 Å².